The zero-order chi connectivity index (χ0) is 9.14. The fourth-order valence-electron chi connectivity index (χ4n) is 1.87. The van der Waals surface area contributed by atoms with Gasteiger partial charge in [0.2, 0.25) is 0 Å². The predicted octanol–water partition coefficient (Wildman–Crippen LogP) is -0.0305. The van der Waals surface area contributed by atoms with Crippen LogP contribution in [0.25, 0.3) is 0 Å². The Morgan fingerprint density at radius 3 is 2.67 bits per heavy atom. The number of hydrogen-bond acceptors (Lipinski definition) is 3. The molecule has 1 heterocycles. The van der Waals surface area contributed by atoms with Gasteiger partial charge in [-0.2, -0.15) is 0 Å². The molecule has 1 aliphatic heterocycles. The van der Waals surface area contributed by atoms with Crippen LogP contribution in [-0.2, 0) is 0 Å². The molecule has 1 saturated heterocycles. The number of nitrogens with zero attached hydrogens (tertiary/aromatic N) is 2. The van der Waals surface area contributed by atoms with Gasteiger partial charge in [0, 0.05) is 31.7 Å². The second-order valence-electron chi connectivity index (χ2n) is 3.95. The summed E-state index contributed by atoms with van der Waals surface area (Å²) < 4.78 is 0. The number of likely N-dealkylation sites (tertiary alicyclic amines) is 1. The van der Waals surface area contributed by atoms with Gasteiger partial charge in [0.25, 0.3) is 0 Å². The molecular weight excluding hydrogens is 150 g/mol. The highest BCUT2D eigenvalue weighted by Crippen LogP contribution is 2.18. The lowest BCUT2D eigenvalue weighted by molar-refractivity contribution is 0.247. The summed E-state index contributed by atoms with van der Waals surface area (Å²) >= 11 is 0. The van der Waals surface area contributed by atoms with Crippen molar-refractivity contribution >= 4 is 0 Å². The van der Waals surface area contributed by atoms with Gasteiger partial charge < -0.3 is 15.5 Å². The molecule has 1 aliphatic rings. The van der Waals surface area contributed by atoms with Gasteiger partial charge in [0.15, 0.2) is 0 Å². The molecule has 0 saturated carbocycles. The Labute approximate surface area is 75.5 Å². The Balaban J connectivity index is 2.35. The molecule has 0 aromatic heterocycles. The molecule has 3 heteroatoms. The molecule has 1 fully saturated rings. The molecule has 3 nitrogen and oxygen atoms in total. The van der Waals surface area contributed by atoms with Gasteiger partial charge in [0.05, 0.1) is 0 Å². The van der Waals surface area contributed by atoms with E-state index < -0.39 is 0 Å². The van der Waals surface area contributed by atoms with Crippen LogP contribution in [0.5, 0.6) is 0 Å². The Morgan fingerprint density at radius 1 is 1.58 bits per heavy atom. The van der Waals surface area contributed by atoms with Gasteiger partial charge in [-0.15, -0.1) is 0 Å². The first-order chi connectivity index (χ1) is 5.65. The van der Waals surface area contributed by atoms with E-state index in [0.29, 0.717) is 6.04 Å². The monoisotopic (exact) mass is 171 g/mol. The second kappa shape index (κ2) is 4.21. The molecule has 2 atom stereocenters. The third kappa shape index (κ3) is 2.19. The van der Waals surface area contributed by atoms with Crippen LogP contribution in [-0.4, -0.2) is 55.6 Å². The standard InChI is InChI=1S/C9H21N3/c1-8-6-9(7-12(8)3)11(2)5-4-10/h8-9H,4-7,10H2,1-3H3. The zero-order valence-corrected chi connectivity index (χ0v) is 8.45. The van der Waals surface area contributed by atoms with E-state index >= 15 is 0 Å². The first-order valence-corrected chi connectivity index (χ1v) is 4.75. The van der Waals surface area contributed by atoms with Gasteiger partial charge in [-0.3, -0.25) is 0 Å². The average molecular weight is 171 g/mol. The molecule has 0 spiro atoms. The Morgan fingerprint density at radius 2 is 2.25 bits per heavy atom. The van der Waals surface area contributed by atoms with Gasteiger partial charge in [-0.1, -0.05) is 0 Å². The molecule has 0 aliphatic carbocycles. The maximum atomic E-state index is 5.51. The smallest absolute Gasteiger partial charge is 0.0235 e. The molecule has 12 heavy (non-hydrogen) atoms. The molecular formula is C9H21N3. The predicted molar refractivity (Wildman–Crippen MR) is 52.2 cm³/mol. The van der Waals surface area contributed by atoms with Crippen LogP contribution in [0.1, 0.15) is 13.3 Å². The molecule has 72 valence electrons. The maximum Gasteiger partial charge on any atom is 0.0235 e. The van der Waals surface area contributed by atoms with E-state index in [-0.39, 0.29) is 0 Å². The van der Waals surface area contributed by atoms with Gasteiger partial charge in [-0.25, -0.2) is 0 Å². The van der Waals surface area contributed by atoms with E-state index in [9.17, 15) is 0 Å². The Hall–Kier alpha value is -0.120. The van der Waals surface area contributed by atoms with Crippen LogP contribution in [0.15, 0.2) is 0 Å². The molecule has 0 radical (unpaired) electrons. The van der Waals surface area contributed by atoms with Crippen molar-refractivity contribution in [3.05, 3.63) is 0 Å². The van der Waals surface area contributed by atoms with Crippen molar-refractivity contribution < 1.29 is 0 Å². The lowest BCUT2D eigenvalue weighted by atomic mass is 10.2. The number of rotatable bonds is 3. The first kappa shape index (κ1) is 9.96. The summed E-state index contributed by atoms with van der Waals surface area (Å²) in [5.41, 5.74) is 5.51. The third-order valence-corrected chi connectivity index (χ3v) is 2.97. The van der Waals surface area contributed by atoms with Crippen molar-refractivity contribution in [2.45, 2.75) is 25.4 Å². The highest BCUT2D eigenvalue weighted by Gasteiger charge is 2.28. The molecule has 0 bridgehead atoms. The average Bonchev–Trinajstić information content (AvgIpc) is 2.33. The minimum atomic E-state index is 0.716. The van der Waals surface area contributed by atoms with Crippen molar-refractivity contribution in [1.82, 2.24) is 9.80 Å². The Kier molecular flexibility index (Phi) is 3.50. The fourth-order valence-corrected chi connectivity index (χ4v) is 1.87. The lowest BCUT2D eigenvalue weighted by Gasteiger charge is -2.22. The number of likely N-dealkylation sites (N-methyl/N-ethyl adjacent to an activating group) is 2. The van der Waals surface area contributed by atoms with Crippen LogP contribution in [0.3, 0.4) is 0 Å². The highest BCUT2D eigenvalue weighted by molar-refractivity contribution is 4.85. The maximum absolute atomic E-state index is 5.51. The summed E-state index contributed by atoms with van der Waals surface area (Å²) in [5, 5.41) is 0. The van der Waals surface area contributed by atoms with Crippen molar-refractivity contribution in [1.29, 1.82) is 0 Å². The quantitative estimate of drug-likeness (QED) is 0.647. The minimum Gasteiger partial charge on any atom is -0.329 e. The van der Waals surface area contributed by atoms with Crippen molar-refractivity contribution in [2.75, 3.05) is 33.7 Å². The molecule has 0 aromatic carbocycles. The van der Waals surface area contributed by atoms with E-state index in [4.69, 9.17) is 5.73 Å². The van der Waals surface area contributed by atoms with E-state index in [0.717, 1.165) is 19.1 Å². The SMILES string of the molecule is CC1CC(N(C)CCN)CN1C. The summed E-state index contributed by atoms with van der Waals surface area (Å²) in [7, 11) is 4.37. The summed E-state index contributed by atoms with van der Waals surface area (Å²) in [5.74, 6) is 0. The Bertz CT molecular complexity index is 128. The van der Waals surface area contributed by atoms with Crippen LogP contribution in [0.4, 0.5) is 0 Å². The lowest BCUT2D eigenvalue weighted by Crippen LogP contribution is -2.37. The topological polar surface area (TPSA) is 32.5 Å². The summed E-state index contributed by atoms with van der Waals surface area (Å²) in [6.07, 6.45) is 1.28. The van der Waals surface area contributed by atoms with Crippen LogP contribution >= 0.6 is 0 Å². The zero-order valence-electron chi connectivity index (χ0n) is 8.45. The fraction of sp³-hybridized carbons (Fsp3) is 1.00. The molecule has 2 unspecified atom stereocenters. The van der Waals surface area contributed by atoms with E-state index in [1.165, 1.54) is 13.0 Å². The van der Waals surface area contributed by atoms with E-state index in [2.05, 4.69) is 30.8 Å². The largest absolute Gasteiger partial charge is 0.329 e. The van der Waals surface area contributed by atoms with Crippen LogP contribution in [0.2, 0.25) is 0 Å². The highest BCUT2D eigenvalue weighted by atomic mass is 15.2. The summed E-state index contributed by atoms with van der Waals surface area (Å²) in [6.45, 7) is 5.27. The first-order valence-electron chi connectivity index (χ1n) is 4.75. The number of hydrogen-bond donors (Lipinski definition) is 1. The molecule has 0 aromatic rings. The second-order valence-corrected chi connectivity index (χ2v) is 3.95. The van der Waals surface area contributed by atoms with E-state index in [1.807, 2.05) is 0 Å². The normalized spacial score (nSPS) is 31.8. The van der Waals surface area contributed by atoms with Gasteiger partial charge in [0.1, 0.15) is 0 Å². The number of nitrogens with two attached hydrogens (primary N) is 1. The van der Waals surface area contributed by atoms with Crippen molar-refractivity contribution in [2.24, 2.45) is 5.73 Å². The molecule has 2 N–H and O–H groups in total. The van der Waals surface area contributed by atoms with Crippen molar-refractivity contribution in [3.8, 4) is 0 Å². The molecule has 0 amide bonds. The van der Waals surface area contributed by atoms with Gasteiger partial charge in [-0.05, 0) is 27.4 Å². The summed E-state index contributed by atoms with van der Waals surface area (Å²) in [6, 6.07) is 1.45. The third-order valence-electron chi connectivity index (χ3n) is 2.97. The minimum absolute atomic E-state index is 0.716. The van der Waals surface area contributed by atoms with Crippen LogP contribution < -0.4 is 5.73 Å². The van der Waals surface area contributed by atoms with Crippen LogP contribution in [0, 0.1) is 0 Å². The van der Waals surface area contributed by atoms with Gasteiger partial charge >= 0.3 is 0 Å². The van der Waals surface area contributed by atoms with Crippen molar-refractivity contribution in [3.63, 3.8) is 0 Å². The van der Waals surface area contributed by atoms with E-state index in [1.54, 1.807) is 0 Å². The molecule has 1 rings (SSSR count). The summed E-state index contributed by atoms with van der Waals surface area (Å²) in [4.78, 5) is 4.79.